The first-order valence-electron chi connectivity index (χ1n) is 7.59. The average Bonchev–Trinajstić information content (AvgIpc) is 2.49. The molecule has 1 amide bonds. The smallest absolute Gasteiger partial charge is 0.230 e. The molecule has 2 atom stereocenters. The molecular formula is C17H27ClN2O. The molecule has 0 aromatic heterocycles. The van der Waals surface area contributed by atoms with Gasteiger partial charge in [0.05, 0.1) is 5.41 Å². The minimum atomic E-state index is -0.488. The van der Waals surface area contributed by atoms with Crippen LogP contribution in [0.5, 0.6) is 0 Å². The van der Waals surface area contributed by atoms with Gasteiger partial charge in [0.25, 0.3) is 0 Å². The summed E-state index contributed by atoms with van der Waals surface area (Å²) in [4.78, 5) is 12.6. The number of benzene rings is 1. The molecule has 2 unspecified atom stereocenters. The van der Waals surface area contributed by atoms with Crippen molar-refractivity contribution in [2.24, 2.45) is 5.92 Å². The molecule has 118 valence electrons. The highest BCUT2D eigenvalue weighted by molar-refractivity contribution is 5.87. The minimum Gasteiger partial charge on any atom is -0.353 e. The molecule has 2 N–H and O–H groups in total. The second-order valence-corrected chi connectivity index (χ2v) is 6.36. The van der Waals surface area contributed by atoms with Crippen molar-refractivity contribution in [1.29, 1.82) is 0 Å². The predicted octanol–water partition coefficient (Wildman–Crippen LogP) is 2.89. The van der Waals surface area contributed by atoms with Crippen molar-refractivity contribution in [2.75, 3.05) is 13.1 Å². The van der Waals surface area contributed by atoms with Gasteiger partial charge in [0, 0.05) is 6.04 Å². The van der Waals surface area contributed by atoms with Crippen LogP contribution >= 0.6 is 12.4 Å². The standard InChI is InChI=1S/C17H26N2O.ClH/c1-13(14-8-7-11-18-12-14)19-16(20)17(2,3)15-9-5-4-6-10-15;/h4-6,9-10,13-14,18H,7-8,11-12H2,1-3H3,(H,19,20);1H. The van der Waals surface area contributed by atoms with Crippen LogP contribution in [0.3, 0.4) is 0 Å². The second-order valence-electron chi connectivity index (χ2n) is 6.36. The Kier molecular flexibility index (Phi) is 6.69. The van der Waals surface area contributed by atoms with Crippen molar-refractivity contribution in [2.45, 2.75) is 45.1 Å². The molecule has 0 radical (unpaired) electrons. The lowest BCUT2D eigenvalue weighted by Crippen LogP contribution is -2.49. The molecule has 4 heteroatoms. The van der Waals surface area contributed by atoms with Crippen LogP contribution in [0.2, 0.25) is 0 Å². The van der Waals surface area contributed by atoms with Crippen LogP contribution in [-0.2, 0) is 10.2 Å². The first-order valence-corrected chi connectivity index (χ1v) is 7.59. The maximum absolute atomic E-state index is 12.6. The third kappa shape index (κ3) is 4.45. The Morgan fingerprint density at radius 1 is 1.33 bits per heavy atom. The molecule has 0 saturated carbocycles. The average molecular weight is 311 g/mol. The normalized spacial score (nSPS) is 20.2. The summed E-state index contributed by atoms with van der Waals surface area (Å²) in [6.45, 7) is 8.21. The van der Waals surface area contributed by atoms with Gasteiger partial charge in [-0.15, -0.1) is 12.4 Å². The maximum atomic E-state index is 12.6. The third-order valence-electron chi connectivity index (χ3n) is 4.46. The number of amides is 1. The molecule has 0 spiro atoms. The van der Waals surface area contributed by atoms with Crippen LogP contribution in [-0.4, -0.2) is 25.0 Å². The highest BCUT2D eigenvalue weighted by Crippen LogP contribution is 2.24. The highest BCUT2D eigenvalue weighted by Gasteiger charge is 2.32. The van der Waals surface area contributed by atoms with E-state index in [0.29, 0.717) is 5.92 Å². The number of rotatable bonds is 4. The highest BCUT2D eigenvalue weighted by atomic mass is 35.5. The molecule has 0 aliphatic carbocycles. The summed E-state index contributed by atoms with van der Waals surface area (Å²) in [5.41, 5.74) is 0.573. The quantitative estimate of drug-likeness (QED) is 0.898. The number of hydrogen-bond acceptors (Lipinski definition) is 2. The van der Waals surface area contributed by atoms with E-state index in [2.05, 4.69) is 17.6 Å². The topological polar surface area (TPSA) is 41.1 Å². The zero-order valence-corrected chi connectivity index (χ0v) is 14.0. The number of piperidine rings is 1. The molecule has 3 nitrogen and oxygen atoms in total. The summed E-state index contributed by atoms with van der Waals surface area (Å²) < 4.78 is 0. The van der Waals surface area contributed by atoms with Crippen LogP contribution in [0.4, 0.5) is 0 Å². The summed E-state index contributed by atoms with van der Waals surface area (Å²) >= 11 is 0. The van der Waals surface area contributed by atoms with Crippen molar-refractivity contribution in [3.63, 3.8) is 0 Å². The molecule has 1 saturated heterocycles. The zero-order chi connectivity index (χ0) is 14.6. The first-order chi connectivity index (χ1) is 9.51. The number of carbonyl (C=O) groups is 1. The summed E-state index contributed by atoms with van der Waals surface area (Å²) in [6, 6.07) is 10.2. The van der Waals surface area contributed by atoms with Crippen LogP contribution in [0, 0.1) is 5.92 Å². The third-order valence-corrected chi connectivity index (χ3v) is 4.46. The Balaban J connectivity index is 0.00000220. The van der Waals surface area contributed by atoms with Crippen molar-refractivity contribution in [1.82, 2.24) is 10.6 Å². The van der Waals surface area contributed by atoms with Gasteiger partial charge < -0.3 is 10.6 Å². The Morgan fingerprint density at radius 3 is 2.57 bits per heavy atom. The number of nitrogens with one attached hydrogen (secondary N) is 2. The number of halogens is 1. The monoisotopic (exact) mass is 310 g/mol. The van der Waals surface area contributed by atoms with Gasteiger partial charge in [-0.05, 0) is 58.2 Å². The van der Waals surface area contributed by atoms with Crippen LogP contribution in [0.15, 0.2) is 30.3 Å². The molecule has 0 bridgehead atoms. The second kappa shape index (κ2) is 7.81. The van der Waals surface area contributed by atoms with E-state index in [0.717, 1.165) is 18.7 Å². The maximum Gasteiger partial charge on any atom is 0.230 e. The Labute approximate surface area is 134 Å². The van der Waals surface area contributed by atoms with E-state index in [1.807, 2.05) is 44.2 Å². The van der Waals surface area contributed by atoms with Gasteiger partial charge in [-0.3, -0.25) is 4.79 Å². The molecule has 1 aromatic rings. The van der Waals surface area contributed by atoms with E-state index in [1.165, 1.54) is 12.8 Å². The molecule has 1 aromatic carbocycles. The summed E-state index contributed by atoms with van der Waals surface area (Å²) in [6.07, 6.45) is 2.40. The largest absolute Gasteiger partial charge is 0.353 e. The Hall–Kier alpha value is -1.06. The Morgan fingerprint density at radius 2 is 2.00 bits per heavy atom. The first kappa shape index (κ1) is 18.0. The molecule has 1 fully saturated rings. The summed E-state index contributed by atoms with van der Waals surface area (Å²) in [7, 11) is 0. The SMILES string of the molecule is CC(NC(=O)C(C)(C)c1ccccc1)C1CCCNC1.Cl. The van der Waals surface area contributed by atoms with E-state index in [9.17, 15) is 4.79 Å². The lowest BCUT2D eigenvalue weighted by Gasteiger charge is -2.32. The summed E-state index contributed by atoms with van der Waals surface area (Å²) in [5.74, 6) is 0.654. The van der Waals surface area contributed by atoms with Gasteiger partial charge in [-0.1, -0.05) is 30.3 Å². The molecular weight excluding hydrogens is 284 g/mol. The fraction of sp³-hybridized carbons (Fsp3) is 0.588. The van der Waals surface area contributed by atoms with E-state index in [1.54, 1.807) is 0 Å². The van der Waals surface area contributed by atoms with Crippen molar-refractivity contribution >= 4 is 18.3 Å². The van der Waals surface area contributed by atoms with Crippen LogP contribution < -0.4 is 10.6 Å². The Bertz CT molecular complexity index is 441. The van der Waals surface area contributed by atoms with E-state index in [-0.39, 0.29) is 24.4 Å². The van der Waals surface area contributed by atoms with E-state index < -0.39 is 5.41 Å². The van der Waals surface area contributed by atoms with E-state index >= 15 is 0 Å². The van der Waals surface area contributed by atoms with Gasteiger partial charge in [0.1, 0.15) is 0 Å². The lowest BCUT2D eigenvalue weighted by molar-refractivity contribution is -0.126. The van der Waals surface area contributed by atoms with Crippen molar-refractivity contribution in [3.05, 3.63) is 35.9 Å². The van der Waals surface area contributed by atoms with Crippen LogP contribution in [0.25, 0.3) is 0 Å². The fourth-order valence-electron chi connectivity index (χ4n) is 2.80. The molecule has 1 heterocycles. The van der Waals surface area contributed by atoms with Gasteiger partial charge in [-0.2, -0.15) is 0 Å². The van der Waals surface area contributed by atoms with Gasteiger partial charge in [-0.25, -0.2) is 0 Å². The lowest BCUT2D eigenvalue weighted by atomic mass is 9.83. The minimum absolute atomic E-state index is 0. The van der Waals surface area contributed by atoms with Crippen LogP contribution in [0.1, 0.15) is 39.2 Å². The summed E-state index contributed by atoms with van der Waals surface area (Å²) in [5, 5.41) is 6.62. The predicted molar refractivity (Wildman–Crippen MR) is 89.9 cm³/mol. The molecule has 1 aliphatic heterocycles. The number of hydrogen-bond donors (Lipinski definition) is 2. The molecule has 1 aliphatic rings. The van der Waals surface area contributed by atoms with Gasteiger partial charge >= 0.3 is 0 Å². The zero-order valence-electron chi connectivity index (χ0n) is 13.2. The van der Waals surface area contributed by atoms with E-state index in [4.69, 9.17) is 0 Å². The van der Waals surface area contributed by atoms with Gasteiger partial charge in [0.2, 0.25) is 5.91 Å². The van der Waals surface area contributed by atoms with Gasteiger partial charge in [0.15, 0.2) is 0 Å². The fourth-order valence-corrected chi connectivity index (χ4v) is 2.80. The van der Waals surface area contributed by atoms with Crippen molar-refractivity contribution in [3.8, 4) is 0 Å². The molecule has 21 heavy (non-hydrogen) atoms. The number of carbonyl (C=O) groups excluding carboxylic acids is 1. The molecule has 2 rings (SSSR count). The van der Waals surface area contributed by atoms with Crippen molar-refractivity contribution < 1.29 is 4.79 Å².